The average Bonchev–Trinajstić information content (AvgIpc) is 3.45. The van der Waals surface area contributed by atoms with Gasteiger partial charge in [0.2, 0.25) is 5.91 Å². The van der Waals surface area contributed by atoms with Gasteiger partial charge in [0.15, 0.2) is 18.9 Å². The normalized spacial score (nSPS) is 30.5. The molecule has 0 radical (unpaired) electrons. The molecule has 3 aliphatic heterocycles. The van der Waals surface area contributed by atoms with Gasteiger partial charge < -0.3 is 89.9 Å². The third-order valence-corrected chi connectivity index (χ3v) is 15.4. The van der Waals surface area contributed by atoms with Crippen LogP contribution < -0.4 is 5.32 Å². The fraction of sp³-hybridized carbons (Fsp3) is 0.883. The highest BCUT2D eigenvalue weighted by molar-refractivity contribution is 5.76. The van der Waals surface area contributed by atoms with Crippen LogP contribution in [0.3, 0.4) is 0 Å². The summed E-state index contributed by atoms with van der Waals surface area (Å²) >= 11 is 0. The predicted octanol–water partition coefficient (Wildman–Crippen LogP) is 5.71. The van der Waals surface area contributed by atoms with Crippen LogP contribution in [0.15, 0.2) is 36.5 Å². The van der Waals surface area contributed by atoms with E-state index in [1.54, 1.807) is 6.08 Å². The number of aliphatic hydroxyl groups excluding tert-OH is 11. The van der Waals surface area contributed by atoms with Crippen molar-refractivity contribution in [1.82, 2.24) is 5.32 Å². The molecule has 19 nitrogen and oxygen atoms in total. The Morgan fingerprint density at radius 3 is 1.29 bits per heavy atom. The second kappa shape index (κ2) is 43.6. The number of amides is 1. The Hall–Kier alpha value is -1.99. The van der Waals surface area contributed by atoms with Crippen molar-refractivity contribution < 1.29 is 89.4 Å². The van der Waals surface area contributed by atoms with Crippen molar-refractivity contribution in [2.24, 2.45) is 0 Å². The van der Waals surface area contributed by atoms with E-state index in [0.29, 0.717) is 6.42 Å². The lowest BCUT2D eigenvalue weighted by atomic mass is 9.96. The average molecular weight is 1130 g/mol. The molecule has 12 N–H and O–H groups in total. The first-order valence-electron chi connectivity index (χ1n) is 30.7. The molecule has 79 heavy (non-hydrogen) atoms. The first kappa shape index (κ1) is 71.3. The summed E-state index contributed by atoms with van der Waals surface area (Å²) in [6, 6.07) is -0.973. The minimum absolute atomic E-state index is 0.239. The van der Waals surface area contributed by atoms with E-state index in [0.717, 1.165) is 64.2 Å². The Labute approximate surface area is 472 Å². The molecule has 0 saturated carbocycles. The van der Waals surface area contributed by atoms with E-state index in [4.69, 9.17) is 28.4 Å². The van der Waals surface area contributed by atoms with Crippen LogP contribution in [0.25, 0.3) is 0 Å². The maximum absolute atomic E-state index is 13.3. The van der Waals surface area contributed by atoms with Gasteiger partial charge in [-0.25, -0.2) is 0 Å². The molecule has 462 valence electrons. The minimum atomic E-state index is -1.98. The third-order valence-electron chi connectivity index (χ3n) is 15.4. The Bertz CT molecular complexity index is 1590. The van der Waals surface area contributed by atoms with Gasteiger partial charge in [-0.05, 0) is 51.4 Å². The maximum Gasteiger partial charge on any atom is 0.220 e. The van der Waals surface area contributed by atoms with Crippen LogP contribution in [0.4, 0.5) is 0 Å². The third kappa shape index (κ3) is 27.5. The second-order valence-electron chi connectivity index (χ2n) is 22.2. The summed E-state index contributed by atoms with van der Waals surface area (Å²) in [6.07, 6.45) is 19.8. The zero-order valence-electron chi connectivity index (χ0n) is 48.1. The lowest BCUT2D eigenvalue weighted by Crippen LogP contribution is -2.66. The van der Waals surface area contributed by atoms with E-state index < -0.39 is 124 Å². The molecule has 3 heterocycles. The van der Waals surface area contributed by atoms with Gasteiger partial charge in [0.1, 0.15) is 73.2 Å². The Morgan fingerprint density at radius 1 is 0.456 bits per heavy atom. The molecule has 0 aromatic heterocycles. The van der Waals surface area contributed by atoms with Gasteiger partial charge in [0.05, 0.1) is 38.6 Å². The van der Waals surface area contributed by atoms with Crippen molar-refractivity contribution >= 4 is 5.91 Å². The number of allylic oxidation sites excluding steroid dienone is 5. The predicted molar refractivity (Wildman–Crippen MR) is 300 cm³/mol. The van der Waals surface area contributed by atoms with Crippen molar-refractivity contribution in [1.29, 1.82) is 0 Å². The van der Waals surface area contributed by atoms with E-state index in [-0.39, 0.29) is 18.9 Å². The number of hydrogen-bond acceptors (Lipinski definition) is 18. The highest BCUT2D eigenvalue weighted by Crippen LogP contribution is 2.33. The van der Waals surface area contributed by atoms with Crippen LogP contribution >= 0.6 is 0 Å². The molecule has 3 aliphatic rings. The summed E-state index contributed by atoms with van der Waals surface area (Å²) in [7, 11) is 0. The SMILES string of the molecule is CCCCCCC/C=C\C/C=C\CCCCCCCCCCCC(=O)NC(COC1OC(CO)C(OC2OC(CO)C(OC3OC(CO)C(O)C(O)C3O)C(O)C2O)C(O)C1O)C(O)/C=C/CCCCCCCCCCCCC. The number of rotatable bonds is 45. The van der Waals surface area contributed by atoms with Crippen LogP contribution in [0.1, 0.15) is 206 Å². The smallest absolute Gasteiger partial charge is 0.220 e. The molecule has 0 bridgehead atoms. The van der Waals surface area contributed by atoms with Crippen LogP contribution in [0.5, 0.6) is 0 Å². The van der Waals surface area contributed by atoms with Gasteiger partial charge in [-0.2, -0.15) is 0 Å². The van der Waals surface area contributed by atoms with E-state index in [9.17, 15) is 61.0 Å². The Kier molecular flexibility index (Phi) is 39.4. The van der Waals surface area contributed by atoms with E-state index >= 15 is 0 Å². The second-order valence-corrected chi connectivity index (χ2v) is 22.2. The molecule has 1 amide bonds. The Morgan fingerprint density at radius 2 is 0.835 bits per heavy atom. The summed E-state index contributed by atoms with van der Waals surface area (Å²) in [5, 5.41) is 120. The quantitative estimate of drug-likeness (QED) is 0.0257. The highest BCUT2D eigenvalue weighted by Gasteiger charge is 2.53. The number of aliphatic hydroxyl groups is 11. The molecule has 0 aromatic carbocycles. The number of nitrogens with one attached hydrogen (secondary N) is 1. The molecule has 3 saturated heterocycles. The standard InChI is InChI=1S/C60H109NO18/c1-3-5-7-9-11-13-15-17-18-19-20-21-22-23-24-26-28-30-32-34-36-38-48(66)61-43(44(65)37-35-33-31-29-27-25-16-14-12-10-8-6-4-2)42-74-58-54(72)51(69)56(46(40-63)76-58)79-60-55(73)52(70)57(47(41-64)77-60)78-59-53(71)50(68)49(67)45(39-62)75-59/h15,17,19-20,35,37,43-47,49-60,62-65,67-73H,3-14,16,18,21-34,36,38-42H2,1-2H3,(H,61,66)/b17-15-,20-19-,37-35+. The van der Waals surface area contributed by atoms with Gasteiger partial charge >= 0.3 is 0 Å². The van der Waals surface area contributed by atoms with Gasteiger partial charge in [-0.3, -0.25) is 4.79 Å². The zero-order valence-corrected chi connectivity index (χ0v) is 48.1. The van der Waals surface area contributed by atoms with Crippen molar-refractivity contribution in [3.8, 4) is 0 Å². The number of hydrogen-bond donors (Lipinski definition) is 12. The summed E-state index contributed by atoms with van der Waals surface area (Å²) in [5.74, 6) is -0.281. The van der Waals surface area contributed by atoms with Crippen LogP contribution in [0.2, 0.25) is 0 Å². The molecular weight excluding hydrogens is 1020 g/mol. The lowest BCUT2D eigenvalue weighted by molar-refractivity contribution is -0.379. The summed E-state index contributed by atoms with van der Waals surface area (Å²) < 4.78 is 34.2. The molecule has 17 unspecified atom stereocenters. The topological polar surface area (TPSA) is 307 Å². The maximum atomic E-state index is 13.3. The summed E-state index contributed by atoms with van der Waals surface area (Å²) in [5.41, 5.74) is 0. The number of carbonyl (C=O) groups is 1. The zero-order chi connectivity index (χ0) is 57.6. The molecule has 0 aliphatic carbocycles. The van der Waals surface area contributed by atoms with Gasteiger partial charge in [-0.1, -0.05) is 185 Å². The van der Waals surface area contributed by atoms with Crippen molar-refractivity contribution in [2.45, 2.75) is 311 Å². The largest absolute Gasteiger partial charge is 0.394 e. The Balaban J connectivity index is 1.48. The fourth-order valence-electron chi connectivity index (χ4n) is 10.3. The highest BCUT2D eigenvalue weighted by atomic mass is 16.8. The van der Waals surface area contributed by atoms with E-state index in [2.05, 4.69) is 43.5 Å². The number of ether oxygens (including phenoxy) is 6. The molecule has 3 rings (SSSR count). The van der Waals surface area contributed by atoms with Gasteiger partial charge in [0.25, 0.3) is 0 Å². The van der Waals surface area contributed by atoms with Crippen LogP contribution in [0, 0.1) is 0 Å². The summed E-state index contributed by atoms with van der Waals surface area (Å²) in [4.78, 5) is 13.3. The van der Waals surface area contributed by atoms with E-state index in [1.165, 1.54) is 116 Å². The fourth-order valence-corrected chi connectivity index (χ4v) is 10.3. The molecule has 0 spiro atoms. The summed E-state index contributed by atoms with van der Waals surface area (Å²) in [6.45, 7) is 1.70. The van der Waals surface area contributed by atoms with Crippen LogP contribution in [-0.2, 0) is 33.2 Å². The van der Waals surface area contributed by atoms with Gasteiger partial charge in [0, 0.05) is 6.42 Å². The van der Waals surface area contributed by atoms with Crippen molar-refractivity contribution in [3.05, 3.63) is 36.5 Å². The molecule has 19 heteroatoms. The van der Waals surface area contributed by atoms with Crippen molar-refractivity contribution in [3.63, 3.8) is 0 Å². The van der Waals surface area contributed by atoms with E-state index in [1.807, 2.05) is 6.08 Å². The van der Waals surface area contributed by atoms with Gasteiger partial charge in [-0.15, -0.1) is 0 Å². The molecule has 3 fully saturated rings. The van der Waals surface area contributed by atoms with Crippen molar-refractivity contribution in [2.75, 3.05) is 26.4 Å². The minimum Gasteiger partial charge on any atom is -0.394 e. The monoisotopic (exact) mass is 1130 g/mol. The first-order chi connectivity index (χ1) is 38.3. The number of unbranched alkanes of at least 4 members (excludes halogenated alkanes) is 25. The first-order valence-corrected chi connectivity index (χ1v) is 30.7. The molecule has 0 aromatic rings. The van der Waals surface area contributed by atoms with Crippen LogP contribution in [-0.4, -0.2) is 193 Å². The molecular formula is C60H109NO18. The lowest BCUT2D eigenvalue weighted by Gasteiger charge is -2.48. The number of carbonyl (C=O) groups excluding carboxylic acids is 1. The molecule has 17 atom stereocenters.